The summed E-state index contributed by atoms with van der Waals surface area (Å²) in [5, 5.41) is 8.74. The van der Waals surface area contributed by atoms with Crippen molar-refractivity contribution in [3.63, 3.8) is 0 Å². The standard InChI is InChI=1S/C17H21N5OS/c1-12-4-3-8-22-11-14(21-15(12)22)5-6-19-17(23)20-10-13(2)16-18-7-9-24-16/h3-4,7-9,11,13H,5-6,10H2,1-2H3,(H2,19,20,23)/t13-/m0/s1. The predicted octanol–water partition coefficient (Wildman–Crippen LogP) is 2.74. The van der Waals surface area contributed by atoms with Crippen molar-refractivity contribution in [3.8, 4) is 0 Å². The quantitative estimate of drug-likeness (QED) is 0.723. The van der Waals surface area contributed by atoms with E-state index in [0.29, 0.717) is 19.5 Å². The first-order valence-corrected chi connectivity index (χ1v) is 8.85. The van der Waals surface area contributed by atoms with Crippen LogP contribution in [0.1, 0.15) is 29.1 Å². The minimum absolute atomic E-state index is 0.154. The van der Waals surface area contributed by atoms with E-state index in [0.717, 1.165) is 21.9 Å². The Morgan fingerprint density at radius 2 is 2.29 bits per heavy atom. The highest BCUT2D eigenvalue weighted by atomic mass is 32.1. The summed E-state index contributed by atoms with van der Waals surface area (Å²) in [6, 6.07) is 3.89. The van der Waals surface area contributed by atoms with E-state index in [1.165, 1.54) is 0 Å². The first-order chi connectivity index (χ1) is 11.6. The Morgan fingerprint density at radius 1 is 1.42 bits per heavy atom. The number of carbonyl (C=O) groups excluding carboxylic acids is 1. The van der Waals surface area contributed by atoms with Crippen LogP contribution in [0.4, 0.5) is 4.79 Å². The molecule has 24 heavy (non-hydrogen) atoms. The average molecular weight is 343 g/mol. The first-order valence-electron chi connectivity index (χ1n) is 7.98. The Morgan fingerprint density at radius 3 is 3.04 bits per heavy atom. The molecule has 6 nitrogen and oxygen atoms in total. The van der Waals surface area contributed by atoms with Crippen LogP contribution in [0, 0.1) is 6.92 Å². The van der Waals surface area contributed by atoms with Gasteiger partial charge in [-0.15, -0.1) is 11.3 Å². The summed E-state index contributed by atoms with van der Waals surface area (Å²) in [5.41, 5.74) is 3.08. The lowest BCUT2D eigenvalue weighted by molar-refractivity contribution is 0.240. The summed E-state index contributed by atoms with van der Waals surface area (Å²) in [4.78, 5) is 20.7. The van der Waals surface area contributed by atoms with Crippen LogP contribution in [0.5, 0.6) is 0 Å². The number of hydrogen-bond acceptors (Lipinski definition) is 4. The van der Waals surface area contributed by atoms with E-state index >= 15 is 0 Å². The normalized spacial score (nSPS) is 12.2. The monoisotopic (exact) mass is 343 g/mol. The molecule has 0 fully saturated rings. The molecule has 0 aromatic carbocycles. The Hall–Kier alpha value is -2.41. The molecule has 0 spiro atoms. The largest absolute Gasteiger partial charge is 0.338 e. The van der Waals surface area contributed by atoms with Crippen LogP contribution in [-0.2, 0) is 6.42 Å². The number of aryl methyl sites for hydroxylation is 1. The second-order valence-electron chi connectivity index (χ2n) is 5.81. The molecule has 2 amide bonds. The number of rotatable bonds is 6. The summed E-state index contributed by atoms with van der Waals surface area (Å²) in [6.45, 7) is 5.23. The fourth-order valence-corrected chi connectivity index (χ4v) is 3.20. The van der Waals surface area contributed by atoms with Crippen LogP contribution in [0.25, 0.3) is 5.65 Å². The molecule has 0 aliphatic carbocycles. The number of amides is 2. The minimum atomic E-state index is -0.154. The third kappa shape index (κ3) is 3.91. The van der Waals surface area contributed by atoms with E-state index in [4.69, 9.17) is 0 Å². The van der Waals surface area contributed by atoms with Gasteiger partial charge in [0.1, 0.15) is 5.65 Å². The van der Waals surface area contributed by atoms with Gasteiger partial charge in [0.15, 0.2) is 0 Å². The van der Waals surface area contributed by atoms with Gasteiger partial charge in [0, 0.05) is 49.4 Å². The van der Waals surface area contributed by atoms with E-state index < -0.39 is 0 Å². The summed E-state index contributed by atoms with van der Waals surface area (Å²) in [6.07, 6.45) is 6.48. The summed E-state index contributed by atoms with van der Waals surface area (Å²) >= 11 is 1.61. The van der Waals surface area contributed by atoms with Crippen molar-refractivity contribution in [2.24, 2.45) is 0 Å². The van der Waals surface area contributed by atoms with Gasteiger partial charge < -0.3 is 15.0 Å². The third-order valence-electron chi connectivity index (χ3n) is 3.84. The average Bonchev–Trinajstić information content (AvgIpc) is 3.22. The number of nitrogens with one attached hydrogen (secondary N) is 2. The molecule has 3 aromatic heterocycles. The van der Waals surface area contributed by atoms with Crippen molar-refractivity contribution in [1.29, 1.82) is 0 Å². The molecule has 0 radical (unpaired) electrons. The van der Waals surface area contributed by atoms with Crippen molar-refractivity contribution in [1.82, 2.24) is 25.0 Å². The highest BCUT2D eigenvalue weighted by molar-refractivity contribution is 7.09. The molecule has 3 heterocycles. The van der Waals surface area contributed by atoms with Crippen LogP contribution in [-0.4, -0.2) is 33.5 Å². The number of fused-ring (bicyclic) bond motifs is 1. The highest BCUT2D eigenvalue weighted by Gasteiger charge is 2.10. The molecule has 0 aliphatic heterocycles. The molecule has 0 saturated heterocycles. The number of aromatic nitrogens is 3. The summed E-state index contributed by atoms with van der Waals surface area (Å²) in [5.74, 6) is 0.220. The van der Waals surface area contributed by atoms with Crippen molar-refractivity contribution in [2.75, 3.05) is 13.1 Å². The van der Waals surface area contributed by atoms with Gasteiger partial charge in [0.2, 0.25) is 0 Å². The Bertz CT molecular complexity index is 812. The molecular weight excluding hydrogens is 322 g/mol. The second-order valence-corrected chi connectivity index (χ2v) is 6.74. The lowest BCUT2D eigenvalue weighted by atomic mass is 10.2. The molecule has 126 valence electrons. The fourth-order valence-electron chi connectivity index (χ4n) is 2.50. The highest BCUT2D eigenvalue weighted by Crippen LogP contribution is 2.16. The Kier molecular flexibility index (Phi) is 5.10. The van der Waals surface area contributed by atoms with E-state index in [2.05, 4.69) is 27.5 Å². The number of pyridine rings is 1. The van der Waals surface area contributed by atoms with Crippen LogP contribution in [0.3, 0.4) is 0 Å². The van der Waals surface area contributed by atoms with Crippen LogP contribution in [0.2, 0.25) is 0 Å². The summed E-state index contributed by atoms with van der Waals surface area (Å²) < 4.78 is 2.01. The minimum Gasteiger partial charge on any atom is -0.338 e. The van der Waals surface area contributed by atoms with Gasteiger partial charge in [-0.1, -0.05) is 13.0 Å². The zero-order valence-corrected chi connectivity index (χ0v) is 14.6. The molecule has 7 heteroatoms. The van der Waals surface area contributed by atoms with Gasteiger partial charge >= 0.3 is 6.03 Å². The topological polar surface area (TPSA) is 71.3 Å². The number of urea groups is 1. The second kappa shape index (κ2) is 7.44. The maximum Gasteiger partial charge on any atom is 0.314 e. The smallest absolute Gasteiger partial charge is 0.314 e. The molecule has 3 rings (SSSR count). The number of carbonyl (C=O) groups is 1. The number of imidazole rings is 1. The fraction of sp³-hybridized carbons (Fsp3) is 0.353. The number of hydrogen-bond donors (Lipinski definition) is 2. The van der Waals surface area contributed by atoms with E-state index in [1.54, 1.807) is 17.5 Å². The molecule has 0 aliphatic rings. The van der Waals surface area contributed by atoms with Crippen molar-refractivity contribution in [3.05, 3.63) is 52.4 Å². The summed E-state index contributed by atoms with van der Waals surface area (Å²) in [7, 11) is 0. The van der Waals surface area contributed by atoms with Gasteiger partial charge in [-0.2, -0.15) is 0 Å². The number of thiazole rings is 1. The Labute approximate surface area is 145 Å². The van der Waals surface area contributed by atoms with Gasteiger partial charge in [0.05, 0.1) is 10.7 Å². The van der Waals surface area contributed by atoms with Gasteiger partial charge in [-0.25, -0.2) is 14.8 Å². The van der Waals surface area contributed by atoms with Crippen molar-refractivity contribution >= 4 is 23.0 Å². The van der Waals surface area contributed by atoms with Crippen LogP contribution in [0.15, 0.2) is 36.1 Å². The first kappa shape index (κ1) is 16.4. The maximum absolute atomic E-state index is 11.9. The van der Waals surface area contributed by atoms with Crippen molar-refractivity contribution < 1.29 is 4.79 Å². The number of nitrogens with zero attached hydrogens (tertiary/aromatic N) is 3. The maximum atomic E-state index is 11.9. The van der Waals surface area contributed by atoms with E-state index in [9.17, 15) is 4.79 Å². The van der Waals surface area contributed by atoms with Gasteiger partial charge in [-0.3, -0.25) is 0 Å². The molecule has 2 N–H and O–H groups in total. The van der Waals surface area contributed by atoms with Crippen molar-refractivity contribution in [2.45, 2.75) is 26.2 Å². The molecule has 1 atom stereocenters. The molecule has 3 aromatic rings. The molecule has 0 unspecified atom stereocenters. The van der Waals surface area contributed by atoms with Gasteiger partial charge in [0.25, 0.3) is 0 Å². The zero-order chi connectivity index (χ0) is 16.9. The van der Waals surface area contributed by atoms with Crippen LogP contribution >= 0.6 is 11.3 Å². The van der Waals surface area contributed by atoms with Gasteiger partial charge in [-0.05, 0) is 18.6 Å². The molecular formula is C17H21N5OS. The van der Waals surface area contributed by atoms with Crippen LogP contribution < -0.4 is 10.6 Å². The van der Waals surface area contributed by atoms with E-state index in [1.807, 2.05) is 41.2 Å². The lowest BCUT2D eigenvalue weighted by Gasteiger charge is -2.10. The SMILES string of the molecule is Cc1cccn2cc(CCNC(=O)NC[C@H](C)c3nccs3)nc12. The van der Waals surface area contributed by atoms with E-state index in [-0.39, 0.29) is 11.9 Å². The molecule has 0 saturated carbocycles. The molecule has 0 bridgehead atoms. The zero-order valence-electron chi connectivity index (χ0n) is 13.8. The Balaban J connectivity index is 1.43. The predicted molar refractivity (Wildman–Crippen MR) is 95.6 cm³/mol. The lowest BCUT2D eigenvalue weighted by Crippen LogP contribution is -2.38. The third-order valence-corrected chi connectivity index (χ3v) is 4.84.